The van der Waals surface area contributed by atoms with Crippen molar-refractivity contribution in [1.82, 2.24) is 4.98 Å². The van der Waals surface area contributed by atoms with E-state index in [1.165, 1.54) is 32.1 Å². The van der Waals surface area contributed by atoms with Gasteiger partial charge in [0.1, 0.15) is 5.82 Å². The number of aromatic nitrogens is 1. The van der Waals surface area contributed by atoms with E-state index in [0.717, 1.165) is 24.0 Å². The van der Waals surface area contributed by atoms with Gasteiger partial charge < -0.3 is 10.8 Å². The maximum atomic E-state index is 10.5. The monoisotopic (exact) mass is 248 g/mol. The molecule has 100 valence electrons. The van der Waals surface area contributed by atoms with Crippen LogP contribution in [0.3, 0.4) is 0 Å². The molecule has 1 saturated carbocycles. The van der Waals surface area contributed by atoms with E-state index in [0.29, 0.717) is 11.7 Å². The van der Waals surface area contributed by atoms with Gasteiger partial charge in [0.25, 0.3) is 0 Å². The number of nitrogens with two attached hydrogens (primary N) is 1. The fourth-order valence-electron chi connectivity index (χ4n) is 2.90. The predicted molar refractivity (Wildman–Crippen MR) is 74.2 cm³/mol. The summed E-state index contributed by atoms with van der Waals surface area (Å²) in [7, 11) is 0. The predicted octanol–water partition coefficient (Wildman–Crippen LogP) is 3.37. The van der Waals surface area contributed by atoms with E-state index in [9.17, 15) is 5.11 Å². The molecule has 1 fully saturated rings. The lowest BCUT2D eigenvalue weighted by atomic mass is 9.84. The van der Waals surface area contributed by atoms with Crippen molar-refractivity contribution in [3.05, 3.63) is 23.4 Å². The summed E-state index contributed by atoms with van der Waals surface area (Å²) in [4.78, 5) is 4.15. The van der Waals surface area contributed by atoms with Crippen LogP contribution in [0.15, 0.2) is 12.3 Å². The van der Waals surface area contributed by atoms with Crippen LogP contribution < -0.4 is 5.73 Å². The number of aryl methyl sites for hydroxylation is 1. The normalized spacial score (nSPS) is 20.1. The molecule has 1 aromatic rings. The molecule has 1 aliphatic carbocycles. The van der Waals surface area contributed by atoms with Gasteiger partial charge in [0.15, 0.2) is 0 Å². The summed E-state index contributed by atoms with van der Waals surface area (Å²) >= 11 is 0. The molecule has 0 amide bonds. The maximum absolute atomic E-state index is 10.5. The summed E-state index contributed by atoms with van der Waals surface area (Å²) in [5.74, 6) is 0.825. The van der Waals surface area contributed by atoms with Gasteiger partial charge in [0, 0.05) is 11.8 Å². The lowest BCUT2D eigenvalue weighted by Gasteiger charge is -2.25. The third-order valence-corrected chi connectivity index (χ3v) is 4.00. The molecular weight excluding hydrogens is 224 g/mol. The molecule has 0 aliphatic heterocycles. The highest BCUT2D eigenvalue weighted by molar-refractivity contribution is 5.42. The zero-order valence-electron chi connectivity index (χ0n) is 11.2. The van der Waals surface area contributed by atoms with Gasteiger partial charge in [-0.05, 0) is 37.3 Å². The Bertz CT molecular complexity index is 384. The summed E-state index contributed by atoms with van der Waals surface area (Å²) in [6.45, 7) is 1.99. The van der Waals surface area contributed by atoms with Gasteiger partial charge in [0.05, 0.1) is 6.10 Å². The van der Waals surface area contributed by atoms with Crippen LogP contribution in [0.4, 0.5) is 5.82 Å². The number of hydrogen-bond donors (Lipinski definition) is 2. The van der Waals surface area contributed by atoms with Crippen LogP contribution in [0.25, 0.3) is 0 Å². The van der Waals surface area contributed by atoms with E-state index in [1.807, 2.05) is 13.0 Å². The first-order valence-corrected chi connectivity index (χ1v) is 7.08. The van der Waals surface area contributed by atoms with Crippen molar-refractivity contribution in [2.75, 3.05) is 5.73 Å². The molecule has 3 N–H and O–H groups in total. The van der Waals surface area contributed by atoms with Crippen LogP contribution in [-0.4, -0.2) is 10.1 Å². The molecule has 1 atom stereocenters. The largest absolute Gasteiger partial charge is 0.388 e. The molecule has 0 bridgehead atoms. The smallest absolute Gasteiger partial charge is 0.129 e. The molecule has 3 heteroatoms. The third kappa shape index (κ3) is 3.22. The molecule has 0 spiro atoms. The number of anilines is 1. The van der Waals surface area contributed by atoms with Gasteiger partial charge >= 0.3 is 0 Å². The standard InChI is InChI=1S/C15H24N2O/c1-11-9-13(15(16)17-10-11)14(18)12-7-5-3-2-4-6-8-12/h9-10,12,14,18H,2-8H2,1H3,(H2,16,17). The third-order valence-electron chi connectivity index (χ3n) is 4.00. The number of aliphatic hydroxyl groups is 1. The fraction of sp³-hybridized carbons (Fsp3) is 0.667. The van der Waals surface area contributed by atoms with E-state index in [-0.39, 0.29) is 0 Å². The van der Waals surface area contributed by atoms with Crippen molar-refractivity contribution in [3.8, 4) is 0 Å². The highest BCUT2D eigenvalue weighted by Crippen LogP contribution is 2.34. The van der Waals surface area contributed by atoms with Gasteiger partial charge in [-0.1, -0.05) is 32.1 Å². The first kappa shape index (κ1) is 13.3. The quantitative estimate of drug-likeness (QED) is 0.843. The second-order valence-corrected chi connectivity index (χ2v) is 5.54. The average Bonchev–Trinajstić information content (AvgIpc) is 2.31. The molecular formula is C15H24N2O. The molecule has 2 rings (SSSR count). The first-order chi connectivity index (χ1) is 8.68. The molecule has 0 saturated heterocycles. The Morgan fingerprint density at radius 1 is 1.22 bits per heavy atom. The highest BCUT2D eigenvalue weighted by atomic mass is 16.3. The van der Waals surface area contributed by atoms with E-state index >= 15 is 0 Å². The Kier molecular flexibility index (Phi) is 4.59. The SMILES string of the molecule is Cc1cnc(N)c(C(O)C2CCCCCCC2)c1. The Hall–Kier alpha value is -1.09. The number of hydrogen-bond acceptors (Lipinski definition) is 3. The highest BCUT2D eigenvalue weighted by Gasteiger charge is 2.23. The lowest BCUT2D eigenvalue weighted by Crippen LogP contribution is -2.16. The second-order valence-electron chi connectivity index (χ2n) is 5.54. The van der Waals surface area contributed by atoms with E-state index < -0.39 is 6.10 Å². The van der Waals surface area contributed by atoms with E-state index in [2.05, 4.69) is 4.98 Å². The average molecular weight is 248 g/mol. The van der Waals surface area contributed by atoms with Crippen LogP contribution in [-0.2, 0) is 0 Å². The van der Waals surface area contributed by atoms with Gasteiger partial charge in [-0.25, -0.2) is 4.98 Å². The molecule has 1 aromatic heterocycles. The van der Waals surface area contributed by atoms with Crippen LogP contribution in [0.2, 0.25) is 0 Å². The summed E-state index contributed by atoms with van der Waals surface area (Å²) < 4.78 is 0. The Balaban J connectivity index is 2.12. The van der Waals surface area contributed by atoms with Gasteiger partial charge in [0.2, 0.25) is 0 Å². The summed E-state index contributed by atoms with van der Waals surface area (Å²) in [6, 6.07) is 1.98. The first-order valence-electron chi connectivity index (χ1n) is 7.08. The van der Waals surface area contributed by atoms with E-state index in [4.69, 9.17) is 5.73 Å². The van der Waals surface area contributed by atoms with Crippen LogP contribution >= 0.6 is 0 Å². The van der Waals surface area contributed by atoms with Gasteiger partial charge in [-0.2, -0.15) is 0 Å². The number of aliphatic hydroxyl groups excluding tert-OH is 1. The summed E-state index contributed by atoms with van der Waals surface area (Å²) in [5, 5.41) is 10.5. The van der Waals surface area contributed by atoms with Gasteiger partial charge in [-0.3, -0.25) is 0 Å². The van der Waals surface area contributed by atoms with Crippen molar-refractivity contribution < 1.29 is 5.11 Å². The molecule has 0 aromatic carbocycles. The Labute approximate surface area is 109 Å². The summed E-state index contributed by atoms with van der Waals surface area (Å²) in [6.07, 6.45) is 9.90. The van der Waals surface area contributed by atoms with Crippen molar-refractivity contribution in [2.45, 2.75) is 58.0 Å². The summed E-state index contributed by atoms with van der Waals surface area (Å²) in [5.41, 5.74) is 7.78. The molecule has 0 radical (unpaired) electrons. The topological polar surface area (TPSA) is 59.1 Å². The minimum absolute atomic E-state index is 0.344. The molecule has 3 nitrogen and oxygen atoms in total. The van der Waals surface area contributed by atoms with Crippen molar-refractivity contribution in [3.63, 3.8) is 0 Å². The lowest BCUT2D eigenvalue weighted by molar-refractivity contribution is 0.0916. The second kappa shape index (κ2) is 6.19. The number of nitrogens with zero attached hydrogens (tertiary/aromatic N) is 1. The molecule has 1 heterocycles. The molecule has 1 aliphatic rings. The van der Waals surface area contributed by atoms with Crippen molar-refractivity contribution in [1.29, 1.82) is 0 Å². The molecule has 18 heavy (non-hydrogen) atoms. The fourth-order valence-corrected chi connectivity index (χ4v) is 2.90. The van der Waals surface area contributed by atoms with Crippen molar-refractivity contribution >= 4 is 5.82 Å². The van der Waals surface area contributed by atoms with Crippen molar-refractivity contribution in [2.24, 2.45) is 5.92 Å². The van der Waals surface area contributed by atoms with Crippen LogP contribution in [0, 0.1) is 12.8 Å². The van der Waals surface area contributed by atoms with Crippen LogP contribution in [0.1, 0.15) is 62.2 Å². The number of rotatable bonds is 2. The maximum Gasteiger partial charge on any atom is 0.129 e. The minimum atomic E-state index is -0.449. The molecule has 1 unspecified atom stereocenters. The van der Waals surface area contributed by atoms with Crippen LogP contribution in [0.5, 0.6) is 0 Å². The number of nitrogen functional groups attached to an aromatic ring is 1. The zero-order valence-corrected chi connectivity index (χ0v) is 11.2. The Morgan fingerprint density at radius 3 is 2.50 bits per heavy atom. The minimum Gasteiger partial charge on any atom is -0.388 e. The number of pyridine rings is 1. The Morgan fingerprint density at radius 2 is 1.83 bits per heavy atom. The van der Waals surface area contributed by atoms with E-state index in [1.54, 1.807) is 6.20 Å². The zero-order chi connectivity index (χ0) is 13.0. The van der Waals surface area contributed by atoms with Gasteiger partial charge in [-0.15, -0.1) is 0 Å².